The molecule has 0 aliphatic heterocycles. The second-order valence-electron chi connectivity index (χ2n) is 6.17. The molecule has 0 fully saturated rings. The van der Waals surface area contributed by atoms with Gasteiger partial charge in [-0.1, -0.05) is 12.1 Å². The molecule has 5 rings (SSSR count). The summed E-state index contributed by atoms with van der Waals surface area (Å²) in [4.78, 5) is 9.03. The van der Waals surface area contributed by atoms with Gasteiger partial charge < -0.3 is 9.73 Å². The molecular weight excluding hydrogens is 326 g/mol. The maximum absolute atomic E-state index is 5.71. The molecule has 26 heavy (non-hydrogen) atoms. The minimum absolute atomic E-state index is 0.648. The Labute approximate surface area is 148 Å². The largest absolute Gasteiger partial charge is 0.461 e. The molecule has 0 amide bonds. The van der Waals surface area contributed by atoms with Crippen molar-refractivity contribution in [1.82, 2.24) is 20.2 Å². The number of aryl methyl sites for hydroxylation is 1. The van der Waals surface area contributed by atoms with Crippen molar-refractivity contribution in [2.75, 3.05) is 5.32 Å². The summed E-state index contributed by atoms with van der Waals surface area (Å²) in [5, 5.41) is 12.4. The number of aromatic nitrogens is 4. The number of fused-ring (bicyclic) bond motifs is 2. The van der Waals surface area contributed by atoms with Crippen LogP contribution in [0.2, 0.25) is 0 Å². The van der Waals surface area contributed by atoms with Crippen LogP contribution in [0.15, 0.2) is 65.3 Å². The number of hydrogen-bond acceptors (Lipinski definition) is 5. The van der Waals surface area contributed by atoms with Crippen molar-refractivity contribution in [2.45, 2.75) is 6.92 Å². The van der Waals surface area contributed by atoms with Gasteiger partial charge in [0.15, 0.2) is 5.82 Å². The topological polar surface area (TPSA) is 79.6 Å². The zero-order chi connectivity index (χ0) is 17.5. The van der Waals surface area contributed by atoms with E-state index in [1.54, 1.807) is 12.4 Å². The minimum atomic E-state index is 0.648. The highest BCUT2D eigenvalue weighted by molar-refractivity contribution is 5.84. The van der Waals surface area contributed by atoms with E-state index in [2.05, 4.69) is 25.5 Å². The van der Waals surface area contributed by atoms with E-state index in [4.69, 9.17) is 4.42 Å². The van der Waals surface area contributed by atoms with Crippen LogP contribution in [0.25, 0.3) is 33.3 Å². The molecule has 3 aromatic heterocycles. The number of anilines is 2. The van der Waals surface area contributed by atoms with E-state index in [0.717, 1.165) is 44.7 Å². The molecule has 0 aliphatic carbocycles. The van der Waals surface area contributed by atoms with E-state index in [-0.39, 0.29) is 0 Å². The van der Waals surface area contributed by atoms with Gasteiger partial charge in [-0.25, -0.2) is 9.97 Å². The number of furan rings is 1. The lowest BCUT2D eigenvalue weighted by molar-refractivity contribution is 0.578. The number of benzene rings is 2. The first-order chi connectivity index (χ1) is 12.7. The molecule has 0 unspecified atom stereocenters. The van der Waals surface area contributed by atoms with Crippen molar-refractivity contribution in [1.29, 1.82) is 0 Å². The molecule has 2 N–H and O–H groups in total. The van der Waals surface area contributed by atoms with Crippen molar-refractivity contribution in [3.63, 3.8) is 0 Å². The fraction of sp³-hybridized carbons (Fsp3) is 0.0500. The average molecular weight is 341 g/mol. The quantitative estimate of drug-likeness (QED) is 0.492. The van der Waals surface area contributed by atoms with E-state index in [1.807, 2.05) is 55.5 Å². The molecule has 0 saturated heterocycles. The molecule has 0 atom stereocenters. The Morgan fingerprint density at radius 1 is 1.00 bits per heavy atom. The van der Waals surface area contributed by atoms with Gasteiger partial charge in [0.2, 0.25) is 0 Å². The van der Waals surface area contributed by atoms with Crippen molar-refractivity contribution in [2.24, 2.45) is 0 Å². The monoisotopic (exact) mass is 341 g/mol. The van der Waals surface area contributed by atoms with E-state index >= 15 is 0 Å². The van der Waals surface area contributed by atoms with Crippen LogP contribution in [-0.2, 0) is 0 Å². The summed E-state index contributed by atoms with van der Waals surface area (Å²) in [7, 11) is 0. The van der Waals surface area contributed by atoms with E-state index in [0.29, 0.717) is 5.82 Å². The third-order valence-electron chi connectivity index (χ3n) is 4.27. The number of hydrogen-bond donors (Lipinski definition) is 2. The predicted octanol–water partition coefficient (Wildman–Crippen LogP) is 4.82. The standard InChI is InChI=1S/C20H15N5O/c1-12-8-13-2-3-14(10-18(13)26-12)20-21-7-6-19(24-20)23-16-4-5-17-15(9-16)11-22-25-17/h2-11H,1H3,(H,22,25)(H,21,23,24). The smallest absolute Gasteiger partial charge is 0.161 e. The van der Waals surface area contributed by atoms with Crippen LogP contribution >= 0.6 is 0 Å². The maximum atomic E-state index is 5.71. The van der Waals surface area contributed by atoms with Crippen molar-refractivity contribution in [3.8, 4) is 11.4 Å². The zero-order valence-corrected chi connectivity index (χ0v) is 14.0. The first-order valence-corrected chi connectivity index (χ1v) is 8.28. The minimum Gasteiger partial charge on any atom is -0.461 e. The van der Waals surface area contributed by atoms with Gasteiger partial charge in [0.1, 0.15) is 17.2 Å². The molecule has 2 aromatic carbocycles. The lowest BCUT2D eigenvalue weighted by atomic mass is 10.1. The average Bonchev–Trinajstić information content (AvgIpc) is 3.26. The van der Waals surface area contributed by atoms with Gasteiger partial charge in [0, 0.05) is 28.2 Å². The molecule has 5 aromatic rings. The van der Waals surface area contributed by atoms with Crippen molar-refractivity contribution < 1.29 is 4.42 Å². The van der Waals surface area contributed by atoms with Crippen LogP contribution in [0.5, 0.6) is 0 Å². The Bertz CT molecular complexity index is 1240. The summed E-state index contributed by atoms with van der Waals surface area (Å²) in [6.45, 7) is 1.94. The number of nitrogens with one attached hydrogen (secondary N) is 2. The predicted molar refractivity (Wildman–Crippen MR) is 101 cm³/mol. The zero-order valence-electron chi connectivity index (χ0n) is 14.0. The summed E-state index contributed by atoms with van der Waals surface area (Å²) in [6, 6.07) is 15.9. The van der Waals surface area contributed by atoms with Gasteiger partial charge >= 0.3 is 0 Å². The summed E-state index contributed by atoms with van der Waals surface area (Å²) in [6.07, 6.45) is 3.55. The Morgan fingerprint density at radius 3 is 2.92 bits per heavy atom. The van der Waals surface area contributed by atoms with E-state index < -0.39 is 0 Å². The Kier molecular flexibility index (Phi) is 3.21. The summed E-state index contributed by atoms with van der Waals surface area (Å²) in [5.74, 6) is 2.27. The first kappa shape index (κ1) is 14.7. The summed E-state index contributed by atoms with van der Waals surface area (Å²) >= 11 is 0. The first-order valence-electron chi connectivity index (χ1n) is 8.28. The third-order valence-corrected chi connectivity index (χ3v) is 4.27. The summed E-state index contributed by atoms with van der Waals surface area (Å²) < 4.78 is 5.71. The van der Waals surface area contributed by atoms with Crippen molar-refractivity contribution >= 4 is 33.4 Å². The van der Waals surface area contributed by atoms with Gasteiger partial charge in [0.25, 0.3) is 0 Å². The molecule has 126 valence electrons. The SMILES string of the molecule is Cc1cc2ccc(-c3nccc(Nc4ccc5[nH]ncc5c4)n3)cc2o1. The highest BCUT2D eigenvalue weighted by atomic mass is 16.3. The number of H-pyrrole nitrogens is 1. The van der Waals surface area contributed by atoms with E-state index in [1.165, 1.54) is 0 Å². The number of nitrogens with zero attached hydrogens (tertiary/aromatic N) is 3. The Balaban J connectivity index is 1.48. The number of rotatable bonds is 3. The lowest BCUT2D eigenvalue weighted by Crippen LogP contribution is -1.96. The van der Waals surface area contributed by atoms with Crippen LogP contribution in [-0.4, -0.2) is 20.2 Å². The van der Waals surface area contributed by atoms with E-state index in [9.17, 15) is 0 Å². The van der Waals surface area contributed by atoms with Crippen LogP contribution in [0.3, 0.4) is 0 Å². The highest BCUT2D eigenvalue weighted by Gasteiger charge is 2.07. The van der Waals surface area contributed by atoms with Gasteiger partial charge in [0.05, 0.1) is 11.7 Å². The third kappa shape index (κ3) is 2.57. The second-order valence-corrected chi connectivity index (χ2v) is 6.17. The van der Waals surface area contributed by atoms with Gasteiger partial charge in [-0.15, -0.1) is 0 Å². The second kappa shape index (κ2) is 5.70. The van der Waals surface area contributed by atoms with Gasteiger partial charge in [-0.3, -0.25) is 5.10 Å². The normalized spacial score (nSPS) is 11.3. The van der Waals surface area contributed by atoms with Crippen LogP contribution in [0.1, 0.15) is 5.76 Å². The molecule has 0 spiro atoms. The lowest BCUT2D eigenvalue weighted by Gasteiger charge is -2.07. The molecule has 0 aliphatic rings. The van der Waals surface area contributed by atoms with Crippen LogP contribution in [0.4, 0.5) is 11.5 Å². The maximum Gasteiger partial charge on any atom is 0.161 e. The molecule has 0 radical (unpaired) electrons. The fourth-order valence-electron chi connectivity index (χ4n) is 3.04. The molecule has 6 heteroatoms. The van der Waals surface area contributed by atoms with Gasteiger partial charge in [-0.2, -0.15) is 5.10 Å². The highest BCUT2D eigenvalue weighted by Crippen LogP contribution is 2.26. The molecular formula is C20H15N5O. The summed E-state index contributed by atoms with van der Waals surface area (Å²) in [5.41, 5.74) is 3.70. The van der Waals surface area contributed by atoms with Crippen LogP contribution in [0, 0.1) is 6.92 Å². The van der Waals surface area contributed by atoms with Gasteiger partial charge in [-0.05, 0) is 43.3 Å². The van der Waals surface area contributed by atoms with Crippen LogP contribution < -0.4 is 5.32 Å². The van der Waals surface area contributed by atoms with Crippen molar-refractivity contribution in [3.05, 3.63) is 66.7 Å². The molecule has 0 bridgehead atoms. The Morgan fingerprint density at radius 2 is 1.96 bits per heavy atom. The molecule has 6 nitrogen and oxygen atoms in total. The molecule has 0 saturated carbocycles. The fourth-order valence-corrected chi connectivity index (χ4v) is 3.04. The number of aromatic amines is 1. The Hall–Kier alpha value is -3.67. The molecule has 3 heterocycles.